The van der Waals surface area contributed by atoms with Crippen LogP contribution in [-0.4, -0.2) is 44.9 Å². The lowest BCUT2D eigenvalue weighted by Crippen LogP contribution is -2.43. The SMILES string of the molecule is CN(C)CC#Cc1cc(C(=O)O)cc(Br)c1-c1ccc(O[Si](C)(C)C(C)(C)C)cc1. The summed E-state index contributed by atoms with van der Waals surface area (Å²) < 4.78 is 7.08. The summed E-state index contributed by atoms with van der Waals surface area (Å²) in [7, 11) is 1.98. The average Bonchev–Trinajstić information content (AvgIpc) is 2.60. The fourth-order valence-corrected chi connectivity index (χ4v) is 4.27. The van der Waals surface area contributed by atoms with Gasteiger partial charge in [-0.1, -0.05) is 60.7 Å². The third-order valence-electron chi connectivity index (χ3n) is 5.28. The Morgan fingerprint density at radius 3 is 2.27 bits per heavy atom. The molecule has 0 aliphatic heterocycles. The van der Waals surface area contributed by atoms with Crippen LogP contribution in [0.15, 0.2) is 40.9 Å². The number of carboxylic acids is 1. The molecule has 0 heterocycles. The van der Waals surface area contributed by atoms with Gasteiger partial charge in [-0.05, 0) is 62.1 Å². The summed E-state index contributed by atoms with van der Waals surface area (Å²) in [6.07, 6.45) is 0. The maximum Gasteiger partial charge on any atom is 0.335 e. The van der Waals surface area contributed by atoms with E-state index in [0.717, 1.165) is 16.9 Å². The molecule has 2 aromatic rings. The molecule has 0 saturated carbocycles. The zero-order chi connectivity index (χ0) is 22.7. The third-order valence-corrected chi connectivity index (χ3v) is 10.3. The summed E-state index contributed by atoms with van der Waals surface area (Å²) >= 11 is 3.55. The second-order valence-electron chi connectivity index (χ2n) is 9.11. The number of aromatic carboxylic acids is 1. The van der Waals surface area contributed by atoms with Gasteiger partial charge in [-0.3, -0.25) is 4.90 Å². The average molecular weight is 488 g/mol. The predicted octanol–water partition coefficient (Wildman–Crippen LogP) is 6.11. The largest absolute Gasteiger partial charge is 0.544 e. The minimum Gasteiger partial charge on any atom is -0.544 e. The molecule has 0 unspecified atom stereocenters. The van der Waals surface area contributed by atoms with Gasteiger partial charge in [0, 0.05) is 15.6 Å². The molecule has 6 heteroatoms. The Labute approximate surface area is 189 Å². The van der Waals surface area contributed by atoms with Crippen molar-refractivity contribution in [3.05, 3.63) is 52.0 Å². The van der Waals surface area contributed by atoms with E-state index in [2.05, 4.69) is 61.6 Å². The van der Waals surface area contributed by atoms with E-state index in [1.807, 2.05) is 43.3 Å². The van der Waals surface area contributed by atoms with E-state index < -0.39 is 14.3 Å². The zero-order valence-electron chi connectivity index (χ0n) is 18.8. The van der Waals surface area contributed by atoms with Gasteiger partial charge >= 0.3 is 5.97 Å². The van der Waals surface area contributed by atoms with Crippen LogP contribution >= 0.6 is 15.9 Å². The minimum atomic E-state index is -1.91. The quantitative estimate of drug-likeness (QED) is 0.408. The monoisotopic (exact) mass is 487 g/mol. The van der Waals surface area contributed by atoms with Gasteiger partial charge in [-0.2, -0.15) is 0 Å². The fourth-order valence-electron chi connectivity index (χ4n) is 2.55. The van der Waals surface area contributed by atoms with Crippen molar-refractivity contribution in [2.75, 3.05) is 20.6 Å². The number of nitrogens with zero attached hydrogens (tertiary/aromatic N) is 1. The highest BCUT2D eigenvalue weighted by Gasteiger charge is 2.38. The second-order valence-corrected chi connectivity index (χ2v) is 14.7. The normalized spacial score (nSPS) is 11.8. The number of hydrogen-bond acceptors (Lipinski definition) is 3. The van der Waals surface area contributed by atoms with Crippen molar-refractivity contribution in [2.24, 2.45) is 0 Å². The Morgan fingerprint density at radius 2 is 1.77 bits per heavy atom. The third kappa shape index (κ3) is 5.97. The molecule has 1 N–H and O–H groups in total. The number of halogens is 1. The maximum atomic E-state index is 11.5. The summed E-state index contributed by atoms with van der Waals surface area (Å²) in [6, 6.07) is 11.2. The molecule has 0 spiro atoms. The van der Waals surface area contributed by atoms with E-state index >= 15 is 0 Å². The highest BCUT2D eigenvalue weighted by Crippen LogP contribution is 2.38. The lowest BCUT2D eigenvalue weighted by molar-refractivity contribution is 0.0696. The lowest BCUT2D eigenvalue weighted by Gasteiger charge is -2.36. The summed E-state index contributed by atoms with van der Waals surface area (Å²) in [5, 5.41) is 9.55. The van der Waals surface area contributed by atoms with E-state index in [1.165, 1.54) is 0 Å². The van der Waals surface area contributed by atoms with Crippen LogP contribution in [0.25, 0.3) is 11.1 Å². The van der Waals surface area contributed by atoms with Crippen molar-refractivity contribution >= 4 is 30.2 Å². The summed E-state index contributed by atoms with van der Waals surface area (Å²) in [4.78, 5) is 13.5. The molecule has 160 valence electrons. The van der Waals surface area contributed by atoms with Gasteiger partial charge in [0.1, 0.15) is 5.75 Å². The Bertz CT molecular complexity index is 980. The molecule has 4 nitrogen and oxygen atoms in total. The van der Waals surface area contributed by atoms with Gasteiger partial charge < -0.3 is 9.53 Å². The lowest BCUT2D eigenvalue weighted by atomic mass is 9.97. The van der Waals surface area contributed by atoms with E-state index in [9.17, 15) is 9.90 Å². The number of hydrogen-bond donors (Lipinski definition) is 1. The first-order chi connectivity index (χ1) is 13.8. The first-order valence-corrected chi connectivity index (χ1v) is 13.5. The van der Waals surface area contributed by atoms with E-state index in [-0.39, 0.29) is 10.6 Å². The van der Waals surface area contributed by atoms with Crippen LogP contribution in [0.1, 0.15) is 36.7 Å². The molecule has 0 atom stereocenters. The van der Waals surface area contributed by atoms with Crippen LogP contribution < -0.4 is 4.43 Å². The van der Waals surface area contributed by atoms with Crippen molar-refractivity contribution in [3.63, 3.8) is 0 Å². The van der Waals surface area contributed by atoms with Gasteiger partial charge in [-0.25, -0.2) is 4.79 Å². The van der Waals surface area contributed by atoms with Crippen molar-refractivity contribution in [2.45, 2.75) is 38.9 Å². The highest BCUT2D eigenvalue weighted by molar-refractivity contribution is 9.10. The molecular weight excluding hydrogens is 458 g/mol. The minimum absolute atomic E-state index is 0.122. The van der Waals surface area contributed by atoms with Crippen molar-refractivity contribution in [1.29, 1.82) is 0 Å². The fraction of sp³-hybridized carbons (Fsp3) is 0.375. The van der Waals surface area contributed by atoms with Gasteiger partial charge in [0.15, 0.2) is 0 Å². The first kappa shape index (κ1) is 24.2. The van der Waals surface area contributed by atoms with Gasteiger partial charge in [-0.15, -0.1) is 0 Å². The van der Waals surface area contributed by atoms with Gasteiger partial charge in [0.25, 0.3) is 0 Å². The van der Waals surface area contributed by atoms with Gasteiger partial charge in [0.05, 0.1) is 12.1 Å². The summed E-state index contributed by atoms with van der Waals surface area (Å²) in [5.41, 5.74) is 2.72. The van der Waals surface area contributed by atoms with Crippen LogP contribution in [0, 0.1) is 11.8 Å². The topological polar surface area (TPSA) is 49.8 Å². The van der Waals surface area contributed by atoms with Crippen molar-refractivity contribution in [1.82, 2.24) is 4.90 Å². The molecule has 2 rings (SSSR count). The summed E-state index contributed by atoms with van der Waals surface area (Å²) in [5.74, 6) is 6.12. The van der Waals surface area contributed by atoms with E-state index in [4.69, 9.17) is 4.43 Å². The van der Waals surface area contributed by atoms with Crippen LogP contribution in [0.3, 0.4) is 0 Å². The van der Waals surface area contributed by atoms with Crippen molar-refractivity contribution < 1.29 is 14.3 Å². The standard InChI is InChI=1S/C24H30BrNO3Si/c1-24(2,3)30(6,7)29-20-12-10-17(11-13-20)22-18(9-8-14-26(4)5)15-19(23(27)28)16-21(22)25/h10-13,15-16H,14H2,1-7H3,(H,27,28). The summed E-state index contributed by atoms with van der Waals surface area (Å²) in [6.45, 7) is 11.7. The molecule has 2 aromatic carbocycles. The van der Waals surface area contributed by atoms with E-state index in [0.29, 0.717) is 16.6 Å². The molecule has 0 bridgehead atoms. The molecule has 30 heavy (non-hydrogen) atoms. The Balaban J connectivity index is 2.47. The number of carbonyl (C=O) groups is 1. The van der Waals surface area contributed by atoms with Crippen LogP contribution in [-0.2, 0) is 0 Å². The Hall–Kier alpha value is -2.07. The molecule has 0 saturated heterocycles. The Morgan fingerprint density at radius 1 is 1.17 bits per heavy atom. The zero-order valence-corrected chi connectivity index (χ0v) is 21.3. The van der Waals surface area contributed by atoms with Crippen molar-refractivity contribution in [3.8, 4) is 28.7 Å². The molecular formula is C24H30BrNO3Si. The molecule has 0 radical (unpaired) electrons. The molecule has 0 aliphatic carbocycles. The first-order valence-electron chi connectivity index (χ1n) is 9.82. The molecule has 0 aliphatic rings. The predicted molar refractivity (Wildman–Crippen MR) is 130 cm³/mol. The maximum absolute atomic E-state index is 11.5. The Kier molecular flexibility index (Phi) is 7.57. The molecule has 0 amide bonds. The smallest absolute Gasteiger partial charge is 0.335 e. The van der Waals surface area contributed by atoms with Gasteiger partial charge in [0.2, 0.25) is 8.32 Å². The number of benzene rings is 2. The van der Waals surface area contributed by atoms with Crippen LogP contribution in [0.5, 0.6) is 5.75 Å². The van der Waals surface area contributed by atoms with Crippen LogP contribution in [0.4, 0.5) is 0 Å². The molecule has 0 aromatic heterocycles. The second kappa shape index (κ2) is 9.38. The number of carboxylic acid groups (broad SMARTS) is 1. The highest BCUT2D eigenvalue weighted by atomic mass is 79.9. The number of rotatable bonds is 5. The van der Waals surface area contributed by atoms with E-state index in [1.54, 1.807) is 12.1 Å². The van der Waals surface area contributed by atoms with Crippen LogP contribution in [0.2, 0.25) is 18.1 Å². The molecule has 0 fully saturated rings.